The molecule has 0 fully saturated rings. The molecule has 1 unspecified atom stereocenters. The van der Waals surface area contributed by atoms with Crippen molar-refractivity contribution in [3.8, 4) is 0 Å². The van der Waals surface area contributed by atoms with Crippen LogP contribution in [0.2, 0.25) is 0 Å². The zero-order valence-electron chi connectivity index (χ0n) is 14.2. The number of hydrogen-bond acceptors (Lipinski definition) is 0. The van der Waals surface area contributed by atoms with Gasteiger partial charge in [0.1, 0.15) is 0 Å². The van der Waals surface area contributed by atoms with E-state index in [-0.39, 0.29) is 5.38 Å². The van der Waals surface area contributed by atoms with E-state index in [1.807, 2.05) is 0 Å². The summed E-state index contributed by atoms with van der Waals surface area (Å²) in [5, 5.41) is -0.0794. The smallest absolute Gasteiger partial charge is 0.0845 e. The van der Waals surface area contributed by atoms with Crippen LogP contribution in [0.15, 0.2) is 18.2 Å². The lowest BCUT2D eigenvalue weighted by Crippen LogP contribution is -2.06. The summed E-state index contributed by atoms with van der Waals surface area (Å²) in [5.41, 5.74) is 11.7. The molecule has 0 aliphatic carbocycles. The highest BCUT2D eigenvalue weighted by Gasteiger charge is 2.21. The van der Waals surface area contributed by atoms with Crippen LogP contribution < -0.4 is 0 Å². The highest BCUT2D eigenvalue weighted by atomic mass is 35.5. The van der Waals surface area contributed by atoms with E-state index in [1.54, 1.807) is 0 Å². The van der Waals surface area contributed by atoms with Crippen LogP contribution in [0.5, 0.6) is 0 Å². The van der Waals surface area contributed by atoms with Crippen LogP contribution in [0.1, 0.15) is 55.4 Å². The van der Waals surface area contributed by atoms with Crippen molar-refractivity contribution >= 4 is 11.6 Å². The second kappa shape index (κ2) is 5.85. The molecular formula is C20H25Cl. The monoisotopic (exact) mass is 300 g/mol. The van der Waals surface area contributed by atoms with Crippen molar-refractivity contribution in [2.24, 2.45) is 0 Å². The Morgan fingerprint density at radius 3 is 1.48 bits per heavy atom. The number of halogens is 1. The Morgan fingerprint density at radius 2 is 1.05 bits per heavy atom. The SMILES string of the molecule is Cc1cc(C)c(C(Cl)c2c(C)c(C)cc(C)c2C)c(C)c1. The molecule has 1 atom stereocenters. The summed E-state index contributed by atoms with van der Waals surface area (Å²) in [6.07, 6.45) is 0. The van der Waals surface area contributed by atoms with Gasteiger partial charge in [0.05, 0.1) is 5.38 Å². The second-order valence-electron chi connectivity index (χ2n) is 6.35. The lowest BCUT2D eigenvalue weighted by atomic mass is 9.87. The third kappa shape index (κ3) is 2.87. The van der Waals surface area contributed by atoms with Crippen LogP contribution >= 0.6 is 11.6 Å². The van der Waals surface area contributed by atoms with Crippen molar-refractivity contribution < 1.29 is 0 Å². The zero-order chi connectivity index (χ0) is 15.9. The topological polar surface area (TPSA) is 0 Å². The number of rotatable bonds is 2. The summed E-state index contributed by atoms with van der Waals surface area (Å²) in [4.78, 5) is 0. The Labute approximate surface area is 134 Å². The minimum Gasteiger partial charge on any atom is -0.113 e. The molecule has 0 bridgehead atoms. The van der Waals surface area contributed by atoms with Crippen LogP contribution in [0.25, 0.3) is 0 Å². The van der Waals surface area contributed by atoms with Crippen LogP contribution in [0.4, 0.5) is 0 Å². The Kier molecular flexibility index (Phi) is 4.49. The van der Waals surface area contributed by atoms with Gasteiger partial charge in [0.15, 0.2) is 0 Å². The number of benzene rings is 2. The van der Waals surface area contributed by atoms with E-state index in [0.717, 1.165) is 0 Å². The van der Waals surface area contributed by atoms with Gasteiger partial charge in [-0.3, -0.25) is 0 Å². The van der Waals surface area contributed by atoms with Gasteiger partial charge in [0.25, 0.3) is 0 Å². The average molecular weight is 301 g/mol. The Hall–Kier alpha value is -1.27. The standard InChI is InChI=1S/C20H25Cl/c1-11-8-14(4)18(15(5)9-11)20(21)19-16(6)12(2)10-13(3)17(19)7/h8-10,20H,1-7H3. The molecule has 0 saturated heterocycles. The first-order chi connectivity index (χ1) is 9.73. The third-order valence-corrected chi connectivity index (χ3v) is 5.11. The molecule has 1 heteroatoms. The molecule has 2 aromatic carbocycles. The predicted molar refractivity (Wildman–Crippen MR) is 93.7 cm³/mol. The largest absolute Gasteiger partial charge is 0.113 e. The van der Waals surface area contributed by atoms with Gasteiger partial charge in [-0.15, -0.1) is 11.6 Å². The molecular weight excluding hydrogens is 276 g/mol. The van der Waals surface area contributed by atoms with Gasteiger partial charge in [-0.05, 0) is 93.0 Å². The van der Waals surface area contributed by atoms with Crippen LogP contribution in [0, 0.1) is 48.5 Å². The molecule has 0 amide bonds. The van der Waals surface area contributed by atoms with E-state index in [9.17, 15) is 0 Å². The van der Waals surface area contributed by atoms with Crippen molar-refractivity contribution in [1.29, 1.82) is 0 Å². The first-order valence-electron chi connectivity index (χ1n) is 7.53. The van der Waals surface area contributed by atoms with Gasteiger partial charge in [-0.1, -0.05) is 23.8 Å². The Balaban J connectivity index is 2.69. The molecule has 0 aliphatic heterocycles. The average Bonchev–Trinajstić information content (AvgIpc) is 2.35. The van der Waals surface area contributed by atoms with Crippen molar-refractivity contribution in [1.82, 2.24) is 0 Å². The molecule has 0 spiro atoms. The summed E-state index contributed by atoms with van der Waals surface area (Å²) in [6.45, 7) is 15.2. The van der Waals surface area contributed by atoms with E-state index in [1.165, 1.54) is 50.1 Å². The molecule has 0 aliphatic rings. The minimum absolute atomic E-state index is 0.0794. The maximum Gasteiger partial charge on any atom is 0.0845 e. The number of hydrogen-bond donors (Lipinski definition) is 0. The summed E-state index contributed by atoms with van der Waals surface area (Å²) < 4.78 is 0. The lowest BCUT2D eigenvalue weighted by Gasteiger charge is -2.23. The van der Waals surface area contributed by atoms with E-state index in [0.29, 0.717) is 0 Å². The van der Waals surface area contributed by atoms with Crippen LogP contribution in [-0.4, -0.2) is 0 Å². The fourth-order valence-electron chi connectivity index (χ4n) is 3.36. The molecule has 0 nitrogen and oxygen atoms in total. The fraction of sp³-hybridized carbons (Fsp3) is 0.400. The maximum absolute atomic E-state index is 6.95. The molecule has 0 aromatic heterocycles. The van der Waals surface area contributed by atoms with Crippen LogP contribution in [0.3, 0.4) is 0 Å². The summed E-state index contributed by atoms with van der Waals surface area (Å²) in [5.74, 6) is 0. The second-order valence-corrected chi connectivity index (χ2v) is 6.79. The van der Waals surface area contributed by atoms with E-state index in [4.69, 9.17) is 11.6 Å². The summed E-state index contributed by atoms with van der Waals surface area (Å²) >= 11 is 6.95. The van der Waals surface area contributed by atoms with Crippen molar-refractivity contribution in [2.75, 3.05) is 0 Å². The van der Waals surface area contributed by atoms with Crippen molar-refractivity contribution in [3.63, 3.8) is 0 Å². The normalized spacial score (nSPS) is 12.6. The van der Waals surface area contributed by atoms with Gasteiger partial charge < -0.3 is 0 Å². The molecule has 2 aromatic rings. The van der Waals surface area contributed by atoms with Crippen molar-refractivity contribution in [3.05, 3.63) is 68.3 Å². The van der Waals surface area contributed by atoms with Gasteiger partial charge in [-0.25, -0.2) is 0 Å². The van der Waals surface area contributed by atoms with E-state index < -0.39 is 0 Å². The zero-order valence-corrected chi connectivity index (χ0v) is 14.9. The van der Waals surface area contributed by atoms with E-state index in [2.05, 4.69) is 66.7 Å². The molecule has 0 heterocycles. The van der Waals surface area contributed by atoms with Gasteiger partial charge in [0.2, 0.25) is 0 Å². The Bertz CT molecular complexity index is 646. The third-order valence-electron chi connectivity index (χ3n) is 4.67. The molecule has 21 heavy (non-hydrogen) atoms. The maximum atomic E-state index is 6.95. The fourth-order valence-corrected chi connectivity index (χ4v) is 4.03. The molecule has 0 saturated carbocycles. The van der Waals surface area contributed by atoms with Gasteiger partial charge >= 0.3 is 0 Å². The highest BCUT2D eigenvalue weighted by molar-refractivity contribution is 6.23. The highest BCUT2D eigenvalue weighted by Crippen LogP contribution is 2.39. The quantitative estimate of drug-likeness (QED) is 0.581. The number of alkyl halides is 1. The predicted octanol–water partition coefficient (Wildman–Crippen LogP) is 6.17. The molecule has 2 rings (SSSR count). The first kappa shape index (κ1) is 16.1. The number of aryl methyl sites for hydroxylation is 5. The lowest BCUT2D eigenvalue weighted by molar-refractivity contribution is 1.02. The van der Waals surface area contributed by atoms with Crippen molar-refractivity contribution in [2.45, 2.75) is 53.8 Å². The molecule has 0 N–H and O–H groups in total. The first-order valence-corrected chi connectivity index (χ1v) is 7.96. The van der Waals surface area contributed by atoms with Crippen LogP contribution in [-0.2, 0) is 0 Å². The van der Waals surface area contributed by atoms with E-state index >= 15 is 0 Å². The molecule has 0 radical (unpaired) electrons. The Morgan fingerprint density at radius 1 is 0.619 bits per heavy atom. The molecule has 112 valence electrons. The van der Waals surface area contributed by atoms with Gasteiger partial charge in [-0.2, -0.15) is 0 Å². The summed E-state index contributed by atoms with van der Waals surface area (Å²) in [6, 6.07) is 6.71. The van der Waals surface area contributed by atoms with Gasteiger partial charge in [0, 0.05) is 0 Å². The summed E-state index contributed by atoms with van der Waals surface area (Å²) in [7, 11) is 0. The minimum atomic E-state index is -0.0794.